The van der Waals surface area contributed by atoms with E-state index >= 15 is 0 Å². The second kappa shape index (κ2) is 8.53. The van der Waals surface area contributed by atoms with Crippen molar-refractivity contribution in [1.29, 1.82) is 0 Å². The molecule has 2 aromatic carbocycles. The molecule has 132 valence electrons. The van der Waals surface area contributed by atoms with Gasteiger partial charge in [-0.05, 0) is 49.7 Å². The molecule has 1 amide bonds. The fourth-order valence-corrected chi connectivity index (χ4v) is 2.89. The first-order chi connectivity index (χ1) is 12.3. The number of rotatable bonds is 7. The van der Waals surface area contributed by atoms with Crippen molar-refractivity contribution in [3.63, 3.8) is 0 Å². The van der Waals surface area contributed by atoms with E-state index in [1.807, 2.05) is 61.5 Å². The SMILES string of the molecule is CCOc1ccc(OCC(=O)N(c2ccccc2)C2CCOC2)cc1. The van der Waals surface area contributed by atoms with E-state index in [0.717, 1.165) is 17.9 Å². The van der Waals surface area contributed by atoms with Crippen molar-refractivity contribution in [3.05, 3.63) is 54.6 Å². The summed E-state index contributed by atoms with van der Waals surface area (Å²) < 4.78 is 16.5. The summed E-state index contributed by atoms with van der Waals surface area (Å²) in [7, 11) is 0. The first-order valence-corrected chi connectivity index (χ1v) is 8.58. The number of nitrogens with zero attached hydrogens (tertiary/aromatic N) is 1. The van der Waals surface area contributed by atoms with Crippen LogP contribution in [0.15, 0.2) is 54.6 Å². The normalized spacial score (nSPS) is 16.4. The third-order valence-corrected chi connectivity index (χ3v) is 4.07. The van der Waals surface area contributed by atoms with Gasteiger partial charge in [0.1, 0.15) is 11.5 Å². The Hall–Kier alpha value is -2.53. The molecule has 0 N–H and O–H groups in total. The number of carbonyl (C=O) groups is 1. The van der Waals surface area contributed by atoms with E-state index in [4.69, 9.17) is 14.2 Å². The van der Waals surface area contributed by atoms with Gasteiger partial charge < -0.3 is 19.1 Å². The van der Waals surface area contributed by atoms with Crippen molar-refractivity contribution in [2.24, 2.45) is 0 Å². The summed E-state index contributed by atoms with van der Waals surface area (Å²) in [5.74, 6) is 1.36. The topological polar surface area (TPSA) is 48.0 Å². The van der Waals surface area contributed by atoms with E-state index in [2.05, 4.69) is 0 Å². The van der Waals surface area contributed by atoms with Gasteiger partial charge in [-0.3, -0.25) is 4.79 Å². The van der Waals surface area contributed by atoms with Crippen molar-refractivity contribution in [2.75, 3.05) is 31.3 Å². The fraction of sp³-hybridized carbons (Fsp3) is 0.350. The highest BCUT2D eigenvalue weighted by Gasteiger charge is 2.28. The zero-order valence-electron chi connectivity index (χ0n) is 14.4. The van der Waals surface area contributed by atoms with Gasteiger partial charge in [0, 0.05) is 12.3 Å². The van der Waals surface area contributed by atoms with Gasteiger partial charge in [0.15, 0.2) is 6.61 Å². The molecule has 1 unspecified atom stereocenters. The van der Waals surface area contributed by atoms with Gasteiger partial charge in [0.2, 0.25) is 0 Å². The van der Waals surface area contributed by atoms with Gasteiger partial charge in [-0.1, -0.05) is 18.2 Å². The number of hydrogen-bond donors (Lipinski definition) is 0. The zero-order valence-corrected chi connectivity index (χ0v) is 14.4. The molecule has 1 aliphatic rings. The average molecular weight is 341 g/mol. The summed E-state index contributed by atoms with van der Waals surface area (Å²) in [4.78, 5) is 14.6. The maximum atomic E-state index is 12.8. The van der Waals surface area contributed by atoms with E-state index < -0.39 is 0 Å². The van der Waals surface area contributed by atoms with E-state index in [1.165, 1.54) is 0 Å². The van der Waals surface area contributed by atoms with Crippen molar-refractivity contribution < 1.29 is 19.0 Å². The lowest BCUT2D eigenvalue weighted by Crippen LogP contribution is -2.43. The number of anilines is 1. The van der Waals surface area contributed by atoms with Crippen LogP contribution >= 0.6 is 0 Å². The molecule has 0 radical (unpaired) electrons. The average Bonchev–Trinajstić information content (AvgIpc) is 3.17. The van der Waals surface area contributed by atoms with Crippen LogP contribution in [-0.2, 0) is 9.53 Å². The molecule has 1 atom stereocenters. The second-order valence-electron chi connectivity index (χ2n) is 5.81. The fourth-order valence-electron chi connectivity index (χ4n) is 2.89. The first-order valence-electron chi connectivity index (χ1n) is 8.58. The Balaban J connectivity index is 1.66. The molecule has 5 heteroatoms. The molecule has 25 heavy (non-hydrogen) atoms. The molecular weight excluding hydrogens is 318 g/mol. The van der Waals surface area contributed by atoms with E-state index in [-0.39, 0.29) is 18.6 Å². The smallest absolute Gasteiger partial charge is 0.265 e. The lowest BCUT2D eigenvalue weighted by Gasteiger charge is -2.28. The van der Waals surface area contributed by atoms with Gasteiger partial charge >= 0.3 is 0 Å². The highest BCUT2D eigenvalue weighted by Crippen LogP contribution is 2.23. The van der Waals surface area contributed by atoms with Crippen molar-refractivity contribution in [3.8, 4) is 11.5 Å². The molecule has 1 heterocycles. The summed E-state index contributed by atoms with van der Waals surface area (Å²) in [6.07, 6.45) is 0.837. The van der Waals surface area contributed by atoms with Crippen molar-refractivity contribution in [2.45, 2.75) is 19.4 Å². The third-order valence-electron chi connectivity index (χ3n) is 4.07. The quantitative estimate of drug-likeness (QED) is 0.775. The summed E-state index contributed by atoms with van der Waals surface area (Å²) in [6.45, 7) is 3.78. The number of para-hydroxylation sites is 1. The largest absolute Gasteiger partial charge is 0.494 e. The Labute approximate surface area is 148 Å². The Kier molecular flexibility index (Phi) is 5.90. The van der Waals surface area contributed by atoms with Crippen LogP contribution in [0.1, 0.15) is 13.3 Å². The van der Waals surface area contributed by atoms with E-state index in [9.17, 15) is 4.79 Å². The van der Waals surface area contributed by atoms with Gasteiger partial charge in [0.05, 0.1) is 19.3 Å². The highest BCUT2D eigenvalue weighted by molar-refractivity contribution is 5.95. The minimum Gasteiger partial charge on any atom is -0.494 e. The lowest BCUT2D eigenvalue weighted by molar-refractivity contribution is -0.121. The Morgan fingerprint density at radius 2 is 1.76 bits per heavy atom. The lowest BCUT2D eigenvalue weighted by atomic mass is 10.2. The van der Waals surface area contributed by atoms with Crippen LogP contribution in [0.2, 0.25) is 0 Å². The number of hydrogen-bond acceptors (Lipinski definition) is 4. The van der Waals surface area contributed by atoms with Crippen LogP contribution in [0.5, 0.6) is 11.5 Å². The summed E-state index contributed by atoms with van der Waals surface area (Å²) in [5, 5.41) is 0. The molecule has 5 nitrogen and oxygen atoms in total. The molecule has 0 aromatic heterocycles. The van der Waals surface area contributed by atoms with Crippen LogP contribution in [-0.4, -0.2) is 38.4 Å². The highest BCUT2D eigenvalue weighted by atomic mass is 16.5. The number of ether oxygens (including phenoxy) is 3. The van der Waals surface area contributed by atoms with Crippen molar-refractivity contribution in [1.82, 2.24) is 0 Å². The first kappa shape index (κ1) is 17.3. The van der Waals surface area contributed by atoms with Crippen molar-refractivity contribution >= 4 is 11.6 Å². The Bertz CT molecular complexity index is 666. The summed E-state index contributed by atoms with van der Waals surface area (Å²) in [5.41, 5.74) is 0.873. The maximum absolute atomic E-state index is 12.8. The van der Waals surface area contributed by atoms with Crippen LogP contribution in [0.25, 0.3) is 0 Å². The predicted octanol–water partition coefficient (Wildman–Crippen LogP) is 3.29. The zero-order chi connectivity index (χ0) is 17.5. The molecule has 3 rings (SSSR count). The van der Waals surface area contributed by atoms with E-state index in [0.29, 0.717) is 25.6 Å². The molecule has 0 aliphatic carbocycles. The monoisotopic (exact) mass is 341 g/mol. The van der Waals surface area contributed by atoms with Crippen LogP contribution < -0.4 is 14.4 Å². The second-order valence-corrected chi connectivity index (χ2v) is 5.81. The molecule has 0 spiro atoms. The van der Waals surface area contributed by atoms with Gasteiger partial charge in [-0.2, -0.15) is 0 Å². The Morgan fingerprint density at radius 1 is 1.08 bits per heavy atom. The molecule has 1 saturated heterocycles. The number of amides is 1. The molecule has 1 aliphatic heterocycles. The van der Waals surface area contributed by atoms with Gasteiger partial charge in [-0.25, -0.2) is 0 Å². The van der Waals surface area contributed by atoms with Gasteiger partial charge in [-0.15, -0.1) is 0 Å². The molecule has 2 aromatic rings. The maximum Gasteiger partial charge on any atom is 0.265 e. The van der Waals surface area contributed by atoms with E-state index in [1.54, 1.807) is 4.90 Å². The minimum absolute atomic E-state index is 0.0145. The molecule has 1 fully saturated rings. The Morgan fingerprint density at radius 3 is 2.36 bits per heavy atom. The number of carbonyl (C=O) groups excluding carboxylic acids is 1. The summed E-state index contributed by atoms with van der Waals surface area (Å²) >= 11 is 0. The number of benzene rings is 2. The molecular formula is C20H23NO4. The van der Waals surface area contributed by atoms with Crippen LogP contribution in [0, 0.1) is 0 Å². The molecule has 0 bridgehead atoms. The van der Waals surface area contributed by atoms with Crippen LogP contribution in [0.3, 0.4) is 0 Å². The van der Waals surface area contributed by atoms with Crippen LogP contribution in [0.4, 0.5) is 5.69 Å². The minimum atomic E-state index is -0.0735. The van der Waals surface area contributed by atoms with Gasteiger partial charge in [0.25, 0.3) is 5.91 Å². The third kappa shape index (κ3) is 4.51. The molecule has 0 saturated carbocycles. The standard InChI is InChI=1S/C20H23NO4/c1-2-24-18-8-10-19(11-9-18)25-15-20(22)21(17-12-13-23-14-17)16-6-4-3-5-7-16/h3-11,17H,2,12-15H2,1H3. The summed E-state index contributed by atoms with van der Waals surface area (Å²) in [6, 6.07) is 17.0. The predicted molar refractivity (Wildman–Crippen MR) is 96.3 cm³/mol.